The Hall–Kier alpha value is -2.47. The zero-order valence-corrected chi connectivity index (χ0v) is 13.6. The molecule has 3 rings (SSSR count). The molecule has 4 nitrogen and oxygen atoms in total. The predicted octanol–water partition coefficient (Wildman–Crippen LogP) is 3.92. The number of rotatable bonds is 4. The molecule has 0 spiro atoms. The molecule has 1 aromatic heterocycles. The summed E-state index contributed by atoms with van der Waals surface area (Å²) in [5, 5.41) is 3.30. The van der Waals surface area contributed by atoms with E-state index < -0.39 is 6.55 Å². The van der Waals surface area contributed by atoms with Gasteiger partial charge in [0, 0.05) is 17.6 Å². The molecule has 0 radical (unpaired) electrons. The zero-order chi connectivity index (χ0) is 17.3. The molecule has 0 fully saturated rings. The van der Waals surface area contributed by atoms with Gasteiger partial charge in [0.2, 0.25) is 0 Å². The van der Waals surface area contributed by atoms with Crippen LogP contribution in [0.25, 0.3) is 11.0 Å². The standard InChI is InChI=1S/C17H14ClF2N3O/c1-11-22(10-16(24)21-13-8-6-12(18)7-9-13)14-4-2-3-5-15(14)23(11)17(19)20/h2-9,17H,10H2,1H3/p+1. The Labute approximate surface area is 142 Å². The van der Waals surface area contributed by atoms with Crippen LogP contribution in [0, 0.1) is 6.92 Å². The van der Waals surface area contributed by atoms with Crippen LogP contribution in [0.4, 0.5) is 14.5 Å². The van der Waals surface area contributed by atoms with Crippen molar-refractivity contribution in [2.24, 2.45) is 0 Å². The van der Waals surface area contributed by atoms with Crippen LogP contribution in [0.2, 0.25) is 5.02 Å². The number of amides is 1. The number of benzene rings is 2. The zero-order valence-electron chi connectivity index (χ0n) is 12.8. The number of fused-ring (bicyclic) bond motifs is 1. The van der Waals surface area contributed by atoms with Crippen LogP contribution in [0.1, 0.15) is 12.4 Å². The third kappa shape index (κ3) is 3.10. The fourth-order valence-corrected chi connectivity index (χ4v) is 2.82. The first-order valence-corrected chi connectivity index (χ1v) is 7.68. The number of halogens is 3. The highest BCUT2D eigenvalue weighted by atomic mass is 35.5. The highest BCUT2D eigenvalue weighted by Gasteiger charge is 2.28. The van der Waals surface area contributed by atoms with E-state index in [1.54, 1.807) is 60.0 Å². The molecule has 0 bridgehead atoms. The number of para-hydroxylation sites is 2. The molecule has 0 saturated heterocycles. The highest BCUT2D eigenvalue weighted by molar-refractivity contribution is 6.30. The summed E-state index contributed by atoms with van der Waals surface area (Å²) in [6.45, 7) is -1.16. The van der Waals surface area contributed by atoms with Gasteiger partial charge >= 0.3 is 6.55 Å². The van der Waals surface area contributed by atoms with Crippen molar-refractivity contribution in [3.8, 4) is 0 Å². The third-order valence-electron chi connectivity index (χ3n) is 3.80. The van der Waals surface area contributed by atoms with Crippen LogP contribution >= 0.6 is 11.6 Å². The lowest BCUT2D eigenvalue weighted by atomic mass is 10.3. The van der Waals surface area contributed by atoms with Gasteiger partial charge in [0.05, 0.1) is 0 Å². The van der Waals surface area contributed by atoms with Gasteiger partial charge in [-0.3, -0.25) is 4.79 Å². The second kappa shape index (κ2) is 6.57. The summed E-state index contributed by atoms with van der Waals surface area (Å²) in [4.78, 5) is 12.3. The number of nitrogens with one attached hydrogen (secondary N) is 1. The molecule has 2 aromatic carbocycles. The normalized spacial score (nSPS) is 11.2. The lowest BCUT2D eigenvalue weighted by molar-refractivity contribution is -0.665. The molecule has 0 aliphatic carbocycles. The molecule has 0 aliphatic heterocycles. The summed E-state index contributed by atoms with van der Waals surface area (Å²) in [5.41, 5.74) is 1.58. The Morgan fingerprint density at radius 1 is 1.21 bits per heavy atom. The Morgan fingerprint density at radius 3 is 2.54 bits per heavy atom. The van der Waals surface area contributed by atoms with E-state index in [4.69, 9.17) is 11.6 Å². The molecule has 7 heteroatoms. The van der Waals surface area contributed by atoms with E-state index >= 15 is 0 Å². The van der Waals surface area contributed by atoms with Crippen molar-refractivity contribution in [3.05, 3.63) is 59.4 Å². The summed E-state index contributed by atoms with van der Waals surface area (Å²) >= 11 is 5.81. The van der Waals surface area contributed by atoms with E-state index in [0.717, 1.165) is 4.57 Å². The van der Waals surface area contributed by atoms with Gasteiger partial charge in [-0.1, -0.05) is 23.7 Å². The number of carbonyl (C=O) groups excluding carboxylic acids is 1. The van der Waals surface area contributed by atoms with E-state index in [1.807, 2.05) is 0 Å². The van der Waals surface area contributed by atoms with E-state index in [9.17, 15) is 13.6 Å². The van der Waals surface area contributed by atoms with Crippen LogP contribution in [-0.2, 0) is 11.3 Å². The van der Waals surface area contributed by atoms with Crippen LogP contribution in [0.3, 0.4) is 0 Å². The maximum Gasteiger partial charge on any atom is 0.387 e. The number of aromatic nitrogens is 2. The minimum Gasteiger partial charge on any atom is -0.323 e. The van der Waals surface area contributed by atoms with Crippen molar-refractivity contribution in [2.45, 2.75) is 20.0 Å². The fourth-order valence-electron chi connectivity index (χ4n) is 2.70. The predicted molar refractivity (Wildman–Crippen MR) is 88.2 cm³/mol. The quantitative estimate of drug-likeness (QED) is 0.711. The van der Waals surface area contributed by atoms with Gasteiger partial charge in [-0.2, -0.15) is 13.3 Å². The number of hydrogen-bond donors (Lipinski definition) is 1. The average Bonchev–Trinajstić information content (AvgIpc) is 2.82. The van der Waals surface area contributed by atoms with Gasteiger partial charge in [0.1, 0.15) is 0 Å². The molecule has 0 atom stereocenters. The lowest BCUT2D eigenvalue weighted by Crippen LogP contribution is -2.42. The molecule has 3 aromatic rings. The molecule has 1 amide bonds. The average molecular weight is 351 g/mol. The first-order valence-electron chi connectivity index (χ1n) is 7.30. The largest absolute Gasteiger partial charge is 0.387 e. The van der Waals surface area contributed by atoms with Crippen LogP contribution in [-0.4, -0.2) is 10.5 Å². The smallest absolute Gasteiger partial charge is 0.323 e. The number of hydrogen-bond acceptors (Lipinski definition) is 1. The summed E-state index contributed by atoms with van der Waals surface area (Å²) < 4.78 is 29.2. The monoisotopic (exact) mass is 350 g/mol. The second-order valence-corrected chi connectivity index (χ2v) is 5.76. The van der Waals surface area contributed by atoms with E-state index in [2.05, 4.69) is 5.32 Å². The number of imidazole rings is 1. The van der Waals surface area contributed by atoms with E-state index in [0.29, 0.717) is 27.6 Å². The molecular weight excluding hydrogens is 336 g/mol. The summed E-state index contributed by atoms with van der Waals surface area (Å²) in [6, 6.07) is 13.5. The maximum absolute atomic E-state index is 13.3. The summed E-state index contributed by atoms with van der Waals surface area (Å²) in [5.74, 6) is 0.0139. The maximum atomic E-state index is 13.3. The van der Waals surface area contributed by atoms with Crippen molar-refractivity contribution in [2.75, 3.05) is 5.32 Å². The van der Waals surface area contributed by atoms with Crippen LogP contribution < -0.4 is 9.88 Å². The van der Waals surface area contributed by atoms with Gasteiger partial charge in [-0.05, 0) is 36.4 Å². The van der Waals surface area contributed by atoms with Gasteiger partial charge in [-0.15, -0.1) is 0 Å². The third-order valence-corrected chi connectivity index (χ3v) is 4.05. The minimum absolute atomic E-state index is 0.0608. The fraction of sp³-hybridized carbons (Fsp3) is 0.176. The number of carbonyl (C=O) groups is 1. The molecule has 1 heterocycles. The van der Waals surface area contributed by atoms with Crippen molar-refractivity contribution in [1.82, 2.24) is 4.57 Å². The number of nitrogens with zero attached hydrogens (tertiary/aromatic N) is 2. The van der Waals surface area contributed by atoms with Crippen molar-refractivity contribution in [3.63, 3.8) is 0 Å². The van der Waals surface area contributed by atoms with Gasteiger partial charge < -0.3 is 5.32 Å². The molecule has 0 saturated carbocycles. The van der Waals surface area contributed by atoms with Crippen molar-refractivity contribution in [1.29, 1.82) is 0 Å². The lowest BCUT2D eigenvalue weighted by Gasteiger charge is -2.05. The molecule has 0 unspecified atom stereocenters. The van der Waals surface area contributed by atoms with Gasteiger partial charge in [0.25, 0.3) is 11.7 Å². The molecule has 124 valence electrons. The Kier molecular flexibility index (Phi) is 4.49. The number of alkyl halides is 2. The first kappa shape index (κ1) is 16.4. The van der Waals surface area contributed by atoms with E-state index in [1.165, 1.54) is 0 Å². The topological polar surface area (TPSA) is 37.9 Å². The van der Waals surface area contributed by atoms with E-state index in [-0.39, 0.29) is 12.5 Å². The van der Waals surface area contributed by atoms with Crippen LogP contribution in [0.5, 0.6) is 0 Å². The van der Waals surface area contributed by atoms with Crippen LogP contribution in [0.15, 0.2) is 48.5 Å². The highest BCUT2D eigenvalue weighted by Crippen LogP contribution is 2.21. The molecule has 0 aliphatic rings. The Morgan fingerprint density at radius 2 is 1.88 bits per heavy atom. The minimum atomic E-state index is -2.67. The summed E-state index contributed by atoms with van der Waals surface area (Å²) in [6.07, 6.45) is 0. The Balaban J connectivity index is 1.91. The number of anilines is 1. The molecule has 1 N–H and O–H groups in total. The SMILES string of the molecule is Cc1n(C(F)F)c2ccccc2[n+]1CC(=O)Nc1ccc(Cl)cc1. The van der Waals surface area contributed by atoms with Crippen molar-refractivity contribution >= 4 is 34.2 Å². The summed E-state index contributed by atoms with van der Waals surface area (Å²) in [7, 11) is 0. The Bertz CT molecular complexity index is 891. The van der Waals surface area contributed by atoms with Crippen molar-refractivity contribution < 1.29 is 18.1 Å². The van der Waals surface area contributed by atoms with Gasteiger partial charge in [0.15, 0.2) is 17.6 Å². The van der Waals surface area contributed by atoms with Gasteiger partial charge in [-0.25, -0.2) is 4.57 Å². The first-order chi connectivity index (χ1) is 11.5. The molecule has 24 heavy (non-hydrogen) atoms. The molecular formula is C17H15ClF2N3O+. The second-order valence-electron chi connectivity index (χ2n) is 5.32.